The Hall–Kier alpha value is -2.67. The summed E-state index contributed by atoms with van der Waals surface area (Å²) in [6, 6.07) is 10.7. The molecule has 2 amide bonds. The summed E-state index contributed by atoms with van der Waals surface area (Å²) in [6.07, 6.45) is -0.00619. The van der Waals surface area contributed by atoms with Gasteiger partial charge in [0.1, 0.15) is 6.61 Å². The van der Waals surface area contributed by atoms with Crippen LogP contribution in [0.2, 0.25) is 0 Å². The molecule has 0 radical (unpaired) electrons. The molecule has 2 heterocycles. The Morgan fingerprint density at radius 2 is 2.12 bits per heavy atom. The van der Waals surface area contributed by atoms with Crippen molar-refractivity contribution < 1.29 is 18.8 Å². The van der Waals surface area contributed by atoms with Gasteiger partial charge in [0.05, 0.1) is 18.3 Å². The normalized spacial score (nSPS) is 20.2. The fourth-order valence-electron chi connectivity index (χ4n) is 2.81. The predicted molar refractivity (Wildman–Crippen MR) is 89.4 cm³/mol. The van der Waals surface area contributed by atoms with Crippen molar-refractivity contribution in [3.63, 3.8) is 0 Å². The number of hydrogen-bond acceptors (Lipinski definition) is 5. The Kier molecular flexibility index (Phi) is 5.14. The number of carbonyl (C=O) groups excluding carboxylic acids is 2. The van der Waals surface area contributed by atoms with Crippen LogP contribution < -0.4 is 5.32 Å². The highest BCUT2D eigenvalue weighted by Crippen LogP contribution is 2.24. The highest BCUT2D eigenvalue weighted by atomic mass is 16.5. The molecule has 7 heteroatoms. The van der Waals surface area contributed by atoms with Gasteiger partial charge in [-0.05, 0) is 12.0 Å². The SMILES string of the molecule is CCc1cc(CN(C)C(=O)[C@H]2OCC(=O)N[C@@H]2c2ccccc2)on1. The molecule has 0 bridgehead atoms. The molecule has 2 atom stereocenters. The second-order valence-corrected chi connectivity index (χ2v) is 6.02. The lowest BCUT2D eigenvalue weighted by atomic mass is 9.99. The van der Waals surface area contributed by atoms with Crippen LogP contribution in [0.1, 0.15) is 30.0 Å². The van der Waals surface area contributed by atoms with Gasteiger partial charge in [-0.2, -0.15) is 0 Å². The molecule has 1 aliphatic heterocycles. The summed E-state index contributed by atoms with van der Waals surface area (Å²) < 4.78 is 10.8. The minimum absolute atomic E-state index is 0.129. The largest absolute Gasteiger partial charge is 0.359 e. The highest BCUT2D eigenvalue weighted by Gasteiger charge is 2.37. The molecule has 0 saturated carbocycles. The van der Waals surface area contributed by atoms with Crippen LogP contribution in [0.15, 0.2) is 40.9 Å². The third-order valence-electron chi connectivity index (χ3n) is 4.15. The first-order valence-electron chi connectivity index (χ1n) is 8.24. The number of likely N-dealkylation sites (N-methyl/N-ethyl adjacent to an activating group) is 1. The summed E-state index contributed by atoms with van der Waals surface area (Å²) in [5.74, 6) is 0.162. The number of hydrogen-bond donors (Lipinski definition) is 1. The van der Waals surface area contributed by atoms with Crippen LogP contribution in [0, 0.1) is 0 Å². The third-order valence-corrected chi connectivity index (χ3v) is 4.15. The minimum atomic E-state index is -0.779. The molecule has 2 aromatic rings. The fourth-order valence-corrected chi connectivity index (χ4v) is 2.81. The topological polar surface area (TPSA) is 84.7 Å². The molecule has 1 fully saturated rings. The van der Waals surface area contributed by atoms with Crippen LogP contribution in [-0.2, 0) is 27.3 Å². The quantitative estimate of drug-likeness (QED) is 0.888. The summed E-state index contributed by atoms with van der Waals surface area (Å²) >= 11 is 0. The lowest BCUT2D eigenvalue weighted by Crippen LogP contribution is -2.52. The molecule has 3 rings (SSSR count). The summed E-state index contributed by atoms with van der Waals surface area (Å²) in [4.78, 5) is 26.1. The number of ether oxygens (including phenoxy) is 1. The summed E-state index contributed by atoms with van der Waals surface area (Å²) in [5, 5.41) is 6.78. The zero-order valence-electron chi connectivity index (χ0n) is 14.3. The molecule has 1 aliphatic rings. The Balaban J connectivity index is 1.74. The number of carbonyl (C=O) groups is 2. The molecule has 0 aliphatic carbocycles. The average molecular weight is 343 g/mol. The number of benzene rings is 1. The average Bonchev–Trinajstić information content (AvgIpc) is 3.09. The van der Waals surface area contributed by atoms with Crippen molar-refractivity contribution in [2.75, 3.05) is 13.7 Å². The van der Waals surface area contributed by atoms with Crippen LogP contribution in [-0.4, -0.2) is 41.6 Å². The van der Waals surface area contributed by atoms with Crippen LogP contribution >= 0.6 is 0 Å². The molecule has 132 valence electrons. The Morgan fingerprint density at radius 1 is 1.36 bits per heavy atom. The second kappa shape index (κ2) is 7.48. The van der Waals surface area contributed by atoms with Gasteiger partial charge in [-0.3, -0.25) is 9.59 Å². The van der Waals surface area contributed by atoms with Crippen LogP contribution in [0.4, 0.5) is 0 Å². The molecule has 0 spiro atoms. The zero-order valence-corrected chi connectivity index (χ0v) is 14.3. The molecule has 7 nitrogen and oxygen atoms in total. The van der Waals surface area contributed by atoms with E-state index in [9.17, 15) is 9.59 Å². The van der Waals surface area contributed by atoms with Gasteiger partial charge in [0, 0.05) is 13.1 Å². The van der Waals surface area contributed by atoms with Crippen LogP contribution in [0.5, 0.6) is 0 Å². The maximum absolute atomic E-state index is 12.9. The van der Waals surface area contributed by atoms with E-state index in [4.69, 9.17) is 9.26 Å². The maximum Gasteiger partial charge on any atom is 0.254 e. The lowest BCUT2D eigenvalue weighted by Gasteiger charge is -2.33. The number of amides is 2. The van der Waals surface area contributed by atoms with Crippen molar-refractivity contribution in [1.82, 2.24) is 15.4 Å². The number of aromatic nitrogens is 1. The van der Waals surface area contributed by atoms with Crippen LogP contribution in [0.3, 0.4) is 0 Å². The smallest absolute Gasteiger partial charge is 0.254 e. The van der Waals surface area contributed by atoms with Crippen molar-refractivity contribution in [3.8, 4) is 0 Å². The van der Waals surface area contributed by atoms with Gasteiger partial charge in [0.15, 0.2) is 11.9 Å². The van der Waals surface area contributed by atoms with Crippen LogP contribution in [0.25, 0.3) is 0 Å². The standard InChI is InChI=1S/C18H21N3O4/c1-3-13-9-14(25-20-13)10-21(2)18(23)17-16(19-15(22)11-24-17)12-7-5-4-6-8-12/h4-9,16-17H,3,10-11H2,1-2H3,(H,19,22)/t16-,17+/m1/s1. The second-order valence-electron chi connectivity index (χ2n) is 6.02. The molecule has 1 aromatic carbocycles. The van der Waals surface area contributed by atoms with E-state index in [0.717, 1.165) is 17.7 Å². The monoisotopic (exact) mass is 343 g/mol. The summed E-state index contributed by atoms with van der Waals surface area (Å²) in [7, 11) is 1.68. The van der Waals surface area contributed by atoms with E-state index >= 15 is 0 Å². The van der Waals surface area contributed by atoms with Gasteiger partial charge in [0.25, 0.3) is 5.91 Å². The number of aryl methyl sites for hydroxylation is 1. The Morgan fingerprint density at radius 3 is 2.80 bits per heavy atom. The summed E-state index contributed by atoms with van der Waals surface area (Å²) in [5.41, 5.74) is 1.68. The first-order chi connectivity index (χ1) is 12.1. The van der Waals surface area contributed by atoms with E-state index in [2.05, 4.69) is 10.5 Å². The van der Waals surface area contributed by atoms with Gasteiger partial charge in [-0.25, -0.2) is 0 Å². The van der Waals surface area contributed by atoms with Gasteiger partial charge < -0.3 is 19.5 Å². The van der Waals surface area contributed by atoms with E-state index in [-0.39, 0.29) is 18.4 Å². The molecular weight excluding hydrogens is 322 g/mol. The number of nitrogens with zero attached hydrogens (tertiary/aromatic N) is 2. The van der Waals surface area contributed by atoms with E-state index in [1.807, 2.05) is 43.3 Å². The Labute approximate surface area is 145 Å². The third kappa shape index (κ3) is 3.88. The fraction of sp³-hybridized carbons (Fsp3) is 0.389. The van der Waals surface area contributed by atoms with Crippen molar-refractivity contribution in [2.45, 2.75) is 32.0 Å². The molecule has 1 saturated heterocycles. The first kappa shape index (κ1) is 17.2. The van der Waals surface area contributed by atoms with E-state index in [1.165, 1.54) is 4.90 Å². The van der Waals surface area contributed by atoms with E-state index in [0.29, 0.717) is 12.3 Å². The minimum Gasteiger partial charge on any atom is -0.359 e. The molecule has 25 heavy (non-hydrogen) atoms. The number of morpholine rings is 1. The van der Waals surface area contributed by atoms with Crippen molar-refractivity contribution in [1.29, 1.82) is 0 Å². The summed E-state index contributed by atoms with van der Waals surface area (Å²) in [6.45, 7) is 2.15. The van der Waals surface area contributed by atoms with Crippen molar-refractivity contribution >= 4 is 11.8 Å². The maximum atomic E-state index is 12.9. The highest BCUT2D eigenvalue weighted by molar-refractivity contribution is 5.86. The van der Waals surface area contributed by atoms with Gasteiger partial charge in [-0.15, -0.1) is 0 Å². The number of nitrogens with one attached hydrogen (secondary N) is 1. The molecule has 0 unspecified atom stereocenters. The molecule has 1 aromatic heterocycles. The zero-order chi connectivity index (χ0) is 17.8. The number of rotatable bonds is 5. The Bertz CT molecular complexity index is 744. The van der Waals surface area contributed by atoms with E-state index < -0.39 is 12.1 Å². The van der Waals surface area contributed by atoms with E-state index in [1.54, 1.807) is 7.05 Å². The van der Waals surface area contributed by atoms with Gasteiger partial charge in [-0.1, -0.05) is 42.4 Å². The van der Waals surface area contributed by atoms with Gasteiger partial charge >= 0.3 is 0 Å². The molecular formula is C18H21N3O4. The first-order valence-corrected chi connectivity index (χ1v) is 8.24. The van der Waals surface area contributed by atoms with Crippen molar-refractivity contribution in [2.24, 2.45) is 0 Å². The van der Waals surface area contributed by atoms with Gasteiger partial charge in [0.2, 0.25) is 5.91 Å². The molecule has 1 N–H and O–H groups in total. The van der Waals surface area contributed by atoms with Crippen molar-refractivity contribution in [3.05, 3.63) is 53.4 Å². The lowest BCUT2D eigenvalue weighted by molar-refractivity contribution is -0.154. The predicted octanol–water partition coefficient (Wildman–Crippen LogP) is 1.45.